The number of piperazine rings is 1. The minimum atomic E-state index is -0.245. The smallest absolute Gasteiger partial charge is 0.246 e. The Morgan fingerprint density at radius 1 is 1.14 bits per heavy atom. The molecule has 3 aromatic rings. The molecule has 0 aliphatic carbocycles. The number of anilines is 1. The number of halogens is 2. The zero-order valence-corrected chi connectivity index (χ0v) is 17.0. The number of carbonyl (C=O) groups excluding carboxylic acids is 2. The normalized spacial score (nSPS) is 14.2. The number of ether oxygens (including phenoxy) is 1. The predicted octanol–water partition coefficient (Wildman–Crippen LogP) is 3.89. The summed E-state index contributed by atoms with van der Waals surface area (Å²) in [5, 5.41) is 4.17. The van der Waals surface area contributed by atoms with Crippen molar-refractivity contribution < 1.29 is 14.3 Å². The van der Waals surface area contributed by atoms with Crippen molar-refractivity contribution in [3.63, 3.8) is 0 Å². The summed E-state index contributed by atoms with van der Waals surface area (Å²) in [4.78, 5) is 29.8. The predicted molar refractivity (Wildman–Crippen MR) is 113 cm³/mol. The average molecular weight is 430 g/mol. The van der Waals surface area contributed by atoms with Gasteiger partial charge in [0.05, 0.1) is 17.3 Å². The fourth-order valence-corrected chi connectivity index (χ4v) is 3.77. The van der Waals surface area contributed by atoms with Gasteiger partial charge in [-0.25, -0.2) is 4.98 Å². The molecule has 0 saturated carbocycles. The number of amides is 2. The third kappa shape index (κ3) is 3.86. The van der Waals surface area contributed by atoms with E-state index in [1.165, 1.54) is 4.90 Å². The van der Waals surface area contributed by atoms with Gasteiger partial charge in [-0.05, 0) is 31.2 Å². The van der Waals surface area contributed by atoms with Crippen molar-refractivity contribution in [2.45, 2.75) is 13.5 Å². The van der Waals surface area contributed by atoms with Gasteiger partial charge in [-0.15, -0.1) is 0 Å². The molecule has 1 aliphatic heterocycles. The van der Waals surface area contributed by atoms with E-state index in [0.29, 0.717) is 22.0 Å². The van der Waals surface area contributed by atoms with Gasteiger partial charge in [0.2, 0.25) is 11.8 Å². The van der Waals surface area contributed by atoms with Crippen LogP contribution in [0.2, 0.25) is 10.0 Å². The van der Waals surface area contributed by atoms with Crippen LogP contribution in [-0.4, -0.2) is 29.9 Å². The van der Waals surface area contributed by atoms with Crippen LogP contribution in [0.25, 0.3) is 10.9 Å². The number of nitrogens with zero attached hydrogens (tertiary/aromatic N) is 2. The van der Waals surface area contributed by atoms with Gasteiger partial charge >= 0.3 is 0 Å². The maximum absolute atomic E-state index is 12.2. The quantitative estimate of drug-likeness (QED) is 0.682. The van der Waals surface area contributed by atoms with Crippen LogP contribution in [0, 0.1) is 6.92 Å². The molecule has 0 spiro atoms. The molecule has 1 fully saturated rings. The van der Waals surface area contributed by atoms with Gasteiger partial charge in [-0.3, -0.25) is 14.5 Å². The van der Waals surface area contributed by atoms with Crippen LogP contribution in [0.5, 0.6) is 5.75 Å². The van der Waals surface area contributed by atoms with Crippen LogP contribution in [0.15, 0.2) is 42.5 Å². The molecule has 29 heavy (non-hydrogen) atoms. The van der Waals surface area contributed by atoms with Crippen molar-refractivity contribution in [3.8, 4) is 5.75 Å². The molecule has 4 rings (SSSR count). The molecular formula is C21H17Cl2N3O3. The van der Waals surface area contributed by atoms with Crippen LogP contribution in [0.1, 0.15) is 11.3 Å². The van der Waals surface area contributed by atoms with Gasteiger partial charge in [-0.1, -0.05) is 41.4 Å². The average Bonchev–Trinajstić information content (AvgIpc) is 2.70. The van der Waals surface area contributed by atoms with E-state index < -0.39 is 0 Å². The molecule has 2 amide bonds. The molecule has 2 aromatic carbocycles. The Hall–Kier alpha value is -2.83. The number of para-hydroxylation sites is 1. The third-order valence-electron chi connectivity index (χ3n) is 4.69. The van der Waals surface area contributed by atoms with Gasteiger partial charge in [0.1, 0.15) is 24.4 Å². The Balaban J connectivity index is 1.65. The standard InChI is InChI=1S/C21H17Cl2N3O3/c1-12-5-6-13-3-2-4-17(21(13)25-12)29-11-14-15(22)7-8-16(20(14)23)26-10-18(27)24-9-19(26)28/h2-8H,9-11H2,1H3,(H,24,27). The van der Waals surface area contributed by atoms with E-state index in [-0.39, 0.29) is 36.5 Å². The van der Waals surface area contributed by atoms with Gasteiger partial charge in [-0.2, -0.15) is 0 Å². The van der Waals surface area contributed by atoms with Crippen molar-refractivity contribution in [1.29, 1.82) is 0 Å². The van der Waals surface area contributed by atoms with Crippen molar-refractivity contribution in [2.24, 2.45) is 0 Å². The first-order valence-electron chi connectivity index (χ1n) is 8.97. The second-order valence-corrected chi connectivity index (χ2v) is 7.47. The van der Waals surface area contributed by atoms with Crippen LogP contribution in [-0.2, 0) is 16.2 Å². The lowest BCUT2D eigenvalue weighted by Gasteiger charge is -2.28. The molecule has 0 unspecified atom stereocenters. The molecule has 1 aliphatic rings. The minimum absolute atomic E-state index is 0.0648. The lowest BCUT2D eigenvalue weighted by molar-refractivity contribution is -0.128. The number of nitrogens with one attached hydrogen (secondary N) is 1. The summed E-state index contributed by atoms with van der Waals surface area (Å²) in [6.45, 7) is 1.85. The van der Waals surface area contributed by atoms with Crippen LogP contribution >= 0.6 is 23.2 Å². The van der Waals surface area contributed by atoms with Crippen LogP contribution in [0.3, 0.4) is 0 Å². The van der Waals surface area contributed by atoms with Crippen molar-refractivity contribution in [3.05, 3.63) is 63.8 Å². The molecule has 148 valence electrons. The minimum Gasteiger partial charge on any atom is -0.487 e. The monoisotopic (exact) mass is 429 g/mol. The molecule has 1 saturated heterocycles. The molecule has 0 bridgehead atoms. The first-order valence-corrected chi connectivity index (χ1v) is 9.73. The second-order valence-electron chi connectivity index (χ2n) is 6.68. The molecule has 2 heterocycles. The number of fused-ring (bicyclic) bond motifs is 1. The van der Waals surface area contributed by atoms with Crippen molar-refractivity contribution in [2.75, 3.05) is 18.0 Å². The van der Waals surface area contributed by atoms with Gasteiger partial charge < -0.3 is 10.1 Å². The Labute approximate surface area is 177 Å². The second kappa shape index (κ2) is 7.89. The molecule has 6 nitrogen and oxygen atoms in total. The number of benzene rings is 2. The Morgan fingerprint density at radius 2 is 1.97 bits per heavy atom. The van der Waals surface area contributed by atoms with Crippen LogP contribution in [0.4, 0.5) is 5.69 Å². The van der Waals surface area contributed by atoms with Crippen molar-refractivity contribution >= 4 is 51.6 Å². The van der Waals surface area contributed by atoms with E-state index in [2.05, 4.69) is 10.3 Å². The Kier molecular flexibility index (Phi) is 5.30. The van der Waals surface area contributed by atoms with E-state index >= 15 is 0 Å². The number of hydrogen-bond acceptors (Lipinski definition) is 4. The number of aryl methyl sites for hydroxylation is 1. The van der Waals surface area contributed by atoms with E-state index in [0.717, 1.165) is 16.6 Å². The molecule has 1 aromatic heterocycles. The van der Waals surface area contributed by atoms with Gasteiger partial charge in [0.15, 0.2) is 0 Å². The lowest BCUT2D eigenvalue weighted by Crippen LogP contribution is -2.51. The third-order valence-corrected chi connectivity index (χ3v) is 5.47. The Bertz CT molecular complexity index is 1130. The van der Waals surface area contributed by atoms with E-state index in [1.807, 2.05) is 37.3 Å². The first kappa shape index (κ1) is 19.5. The zero-order valence-electron chi connectivity index (χ0n) is 15.5. The summed E-state index contributed by atoms with van der Waals surface area (Å²) in [6.07, 6.45) is 0. The summed E-state index contributed by atoms with van der Waals surface area (Å²) in [7, 11) is 0. The topological polar surface area (TPSA) is 71.5 Å². The molecule has 0 radical (unpaired) electrons. The summed E-state index contributed by atoms with van der Waals surface area (Å²) < 4.78 is 6.00. The lowest BCUT2D eigenvalue weighted by atomic mass is 10.1. The first-order chi connectivity index (χ1) is 13.9. The van der Waals surface area contributed by atoms with E-state index in [1.54, 1.807) is 12.1 Å². The number of aromatic nitrogens is 1. The molecular weight excluding hydrogens is 413 g/mol. The summed E-state index contributed by atoms with van der Waals surface area (Å²) in [6, 6.07) is 12.9. The Morgan fingerprint density at radius 3 is 2.79 bits per heavy atom. The van der Waals surface area contributed by atoms with Crippen LogP contribution < -0.4 is 15.0 Å². The van der Waals surface area contributed by atoms with Gasteiger partial charge in [0.25, 0.3) is 0 Å². The highest BCUT2D eigenvalue weighted by molar-refractivity contribution is 6.38. The highest BCUT2D eigenvalue weighted by Gasteiger charge is 2.27. The molecule has 1 N–H and O–H groups in total. The highest BCUT2D eigenvalue weighted by atomic mass is 35.5. The fraction of sp³-hybridized carbons (Fsp3) is 0.190. The number of rotatable bonds is 4. The zero-order chi connectivity index (χ0) is 20.5. The summed E-state index contributed by atoms with van der Waals surface area (Å²) in [5.41, 5.74) is 2.60. The SMILES string of the molecule is Cc1ccc2cccc(OCc3c(Cl)ccc(N4CC(=O)NCC4=O)c3Cl)c2n1. The maximum atomic E-state index is 12.2. The fourth-order valence-electron chi connectivity index (χ4n) is 3.19. The summed E-state index contributed by atoms with van der Waals surface area (Å²) >= 11 is 12.9. The number of pyridine rings is 1. The highest BCUT2D eigenvalue weighted by Crippen LogP contribution is 2.36. The largest absolute Gasteiger partial charge is 0.487 e. The number of carbonyl (C=O) groups is 2. The van der Waals surface area contributed by atoms with Crippen molar-refractivity contribution in [1.82, 2.24) is 10.3 Å². The molecule has 8 heteroatoms. The van der Waals surface area contributed by atoms with E-state index in [4.69, 9.17) is 27.9 Å². The summed E-state index contributed by atoms with van der Waals surface area (Å²) in [5.74, 6) is 0.122. The maximum Gasteiger partial charge on any atom is 0.246 e. The number of hydrogen-bond donors (Lipinski definition) is 1. The molecule has 0 atom stereocenters. The van der Waals surface area contributed by atoms with Gasteiger partial charge in [0, 0.05) is 21.7 Å². The van der Waals surface area contributed by atoms with E-state index in [9.17, 15) is 9.59 Å².